The third-order valence-electron chi connectivity index (χ3n) is 5.14. The maximum atomic E-state index is 13.6. The fraction of sp³-hybridized carbons (Fsp3) is 0.190. The minimum absolute atomic E-state index is 0.0631. The molecular formula is C21H19N3O3S. The number of ether oxygens (including phenoxy) is 1. The first-order valence-corrected chi connectivity index (χ1v) is 10.3. The molecule has 2 aromatic carbocycles. The van der Waals surface area contributed by atoms with Gasteiger partial charge in [-0.1, -0.05) is 36.4 Å². The molecule has 142 valence electrons. The average Bonchev–Trinajstić information content (AvgIpc) is 2.67. The molecule has 7 heteroatoms. The van der Waals surface area contributed by atoms with E-state index < -0.39 is 15.9 Å². The maximum absolute atomic E-state index is 13.6. The second-order valence-electron chi connectivity index (χ2n) is 6.66. The SMILES string of the molecule is CCN1c2ccccc2C2=C([C@@H](c3ccccc3C)C(C#N)=C(N)O2)S1(=O)=O. The van der Waals surface area contributed by atoms with Crippen LogP contribution in [0.2, 0.25) is 0 Å². The van der Waals surface area contributed by atoms with Crippen LogP contribution in [0.3, 0.4) is 0 Å². The summed E-state index contributed by atoms with van der Waals surface area (Å²) in [4.78, 5) is 0.0631. The Balaban J connectivity index is 2.11. The van der Waals surface area contributed by atoms with Crippen LogP contribution in [0.5, 0.6) is 0 Å². The number of anilines is 1. The Kier molecular flexibility index (Phi) is 4.16. The quantitative estimate of drug-likeness (QED) is 0.844. The topological polar surface area (TPSA) is 96.4 Å². The summed E-state index contributed by atoms with van der Waals surface area (Å²) in [5, 5.41) is 9.76. The largest absolute Gasteiger partial charge is 0.439 e. The van der Waals surface area contributed by atoms with Gasteiger partial charge in [-0.25, -0.2) is 8.42 Å². The van der Waals surface area contributed by atoms with Crippen molar-refractivity contribution in [1.82, 2.24) is 0 Å². The summed E-state index contributed by atoms with van der Waals surface area (Å²) in [5.41, 5.74) is 8.96. The normalized spacial score (nSPS) is 20.2. The first kappa shape index (κ1) is 18.1. The van der Waals surface area contributed by atoms with Gasteiger partial charge in [0.05, 0.1) is 11.6 Å². The number of benzene rings is 2. The summed E-state index contributed by atoms with van der Waals surface area (Å²) in [5.74, 6) is -0.683. The molecule has 0 amide bonds. The number of nitriles is 1. The predicted molar refractivity (Wildman–Crippen MR) is 107 cm³/mol. The highest BCUT2D eigenvalue weighted by molar-refractivity contribution is 7.97. The lowest BCUT2D eigenvalue weighted by atomic mass is 9.86. The number of para-hydroxylation sites is 1. The number of nitrogens with zero attached hydrogens (tertiary/aromatic N) is 2. The van der Waals surface area contributed by atoms with Gasteiger partial charge in [-0.15, -0.1) is 0 Å². The number of rotatable bonds is 2. The van der Waals surface area contributed by atoms with Crippen molar-refractivity contribution in [2.45, 2.75) is 19.8 Å². The van der Waals surface area contributed by atoms with Crippen molar-refractivity contribution in [3.05, 3.63) is 81.6 Å². The monoisotopic (exact) mass is 393 g/mol. The zero-order chi connectivity index (χ0) is 20.1. The summed E-state index contributed by atoms with van der Waals surface area (Å²) in [6, 6.07) is 16.6. The zero-order valence-corrected chi connectivity index (χ0v) is 16.3. The fourth-order valence-electron chi connectivity index (χ4n) is 3.87. The first-order chi connectivity index (χ1) is 13.4. The molecule has 2 aliphatic heterocycles. The van der Waals surface area contributed by atoms with Crippen molar-refractivity contribution in [1.29, 1.82) is 5.26 Å². The summed E-state index contributed by atoms with van der Waals surface area (Å²) in [6.07, 6.45) is 0. The van der Waals surface area contributed by atoms with Gasteiger partial charge in [-0.2, -0.15) is 5.26 Å². The van der Waals surface area contributed by atoms with Crippen LogP contribution < -0.4 is 10.0 Å². The molecule has 0 fully saturated rings. The van der Waals surface area contributed by atoms with E-state index in [1.165, 1.54) is 4.31 Å². The molecule has 0 bridgehead atoms. The smallest absolute Gasteiger partial charge is 0.265 e. The summed E-state index contributed by atoms with van der Waals surface area (Å²) in [7, 11) is -3.92. The van der Waals surface area contributed by atoms with E-state index in [-0.39, 0.29) is 28.7 Å². The lowest BCUT2D eigenvalue weighted by Crippen LogP contribution is -2.39. The number of aryl methyl sites for hydroxylation is 1. The van der Waals surface area contributed by atoms with Gasteiger partial charge in [-0.3, -0.25) is 4.31 Å². The van der Waals surface area contributed by atoms with Crippen LogP contribution in [0, 0.1) is 18.3 Å². The number of hydrogen-bond donors (Lipinski definition) is 1. The summed E-state index contributed by atoms with van der Waals surface area (Å²) >= 11 is 0. The maximum Gasteiger partial charge on any atom is 0.265 e. The van der Waals surface area contributed by atoms with E-state index >= 15 is 0 Å². The molecule has 4 rings (SSSR count). The average molecular weight is 393 g/mol. The first-order valence-electron chi connectivity index (χ1n) is 8.91. The van der Waals surface area contributed by atoms with E-state index in [1.54, 1.807) is 19.1 Å². The van der Waals surface area contributed by atoms with Crippen molar-refractivity contribution in [2.75, 3.05) is 10.8 Å². The second kappa shape index (κ2) is 6.43. The standard InChI is InChI=1S/C21H19N3O3S/c1-3-24-17-11-7-6-10-15(17)19-20(28(24,25)26)18(16(12-22)21(23)27-19)14-9-5-4-8-13(14)2/h4-11,18H,3,23H2,1-2H3/t18-/m0/s1. The highest BCUT2D eigenvalue weighted by Gasteiger charge is 2.46. The van der Waals surface area contributed by atoms with Crippen LogP contribution in [0.15, 0.2) is 64.9 Å². The van der Waals surface area contributed by atoms with Crippen LogP contribution in [-0.2, 0) is 14.8 Å². The van der Waals surface area contributed by atoms with Crippen LogP contribution in [-0.4, -0.2) is 15.0 Å². The third kappa shape index (κ3) is 2.42. The van der Waals surface area contributed by atoms with Gasteiger partial charge in [0.15, 0.2) is 5.76 Å². The Bertz CT molecular complexity index is 1190. The van der Waals surface area contributed by atoms with E-state index in [0.717, 1.165) is 11.1 Å². The molecule has 2 aromatic rings. The summed E-state index contributed by atoms with van der Waals surface area (Å²) in [6.45, 7) is 3.93. The Labute approximate surface area is 164 Å². The third-order valence-corrected chi connectivity index (χ3v) is 7.16. The number of hydrogen-bond acceptors (Lipinski definition) is 5. The number of allylic oxidation sites excluding steroid dienone is 2. The molecule has 6 nitrogen and oxygen atoms in total. The minimum Gasteiger partial charge on any atom is -0.439 e. The molecule has 1 atom stereocenters. The number of nitrogens with two attached hydrogens (primary N) is 1. The number of fused-ring (bicyclic) bond motifs is 2. The summed E-state index contributed by atoms with van der Waals surface area (Å²) < 4.78 is 34.3. The molecule has 28 heavy (non-hydrogen) atoms. The highest BCUT2D eigenvalue weighted by Crippen LogP contribution is 2.51. The molecule has 0 aliphatic carbocycles. The molecule has 0 aromatic heterocycles. The lowest BCUT2D eigenvalue weighted by Gasteiger charge is -2.38. The van der Waals surface area contributed by atoms with Crippen molar-refractivity contribution < 1.29 is 13.2 Å². The predicted octanol–water partition coefficient (Wildman–Crippen LogP) is 3.34. The van der Waals surface area contributed by atoms with Crippen LogP contribution in [0.4, 0.5) is 5.69 Å². The van der Waals surface area contributed by atoms with Gasteiger partial charge in [0.1, 0.15) is 16.5 Å². The van der Waals surface area contributed by atoms with Crippen LogP contribution in [0.1, 0.15) is 29.5 Å². The second-order valence-corrected chi connectivity index (χ2v) is 8.49. The molecule has 2 aliphatic rings. The van der Waals surface area contributed by atoms with E-state index in [9.17, 15) is 13.7 Å². The van der Waals surface area contributed by atoms with Gasteiger partial charge >= 0.3 is 0 Å². The molecule has 0 radical (unpaired) electrons. The fourth-order valence-corrected chi connectivity index (χ4v) is 5.80. The Morgan fingerprint density at radius 3 is 2.54 bits per heavy atom. The van der Waals surface area contributed by atoms with Gasteiger partial charge in [0.2, 0.25) is 5.88 Å². The van der Waals surface area contributed by atoms with Crippen LogP contribution >= 0.6 is 0 Å². The van der Waals surface area contributed by atoms with Crippen molar-refractivity contribution >= 4 is 21.5 Å². The molecule has 0 saturated carbocycles. The molecular weight excluding hydrogens is 374 g/mol. The van der Waals surface area contributed by atoms with Crippen molar-refractivity contribution in [2.24, 2.45) is 5.73 Å². The van der Waals surface area contributed by atoms with Gasteiger partial charge in [-0.05, 0) is 37.1 Å². The zero-order valence-electron chi connectivity index (χ0n) is 15.5. The van der Waals surface area contributed by atoms with E-state index in [1.807, 2.05) is 43.3 Å². The van der Waals surface area contributed by atoms with E-state index in [0.29, 0.717) is 11.3 Å². The lowest BCUT2D eigenvalue weighted by molar-refractivity contribution is 0.357. The Hall–Kier alpha value is -3.24. The highest BCUT2D eigenvalue weighted by atomic mass is 32.2. The van der Waals surface area contributed by atoms with Crippen LogP contribution in [0.25, 0.3) is 5.76 Å². The van der Waals surface area contributed by atoms with Gasteiger partial charge in [0.25, 0.3) is 10.0 Å². The molecule has 2 heterocycles. The van der Waals surface area contributed by atoms with Crippen molar-refractivity contribution in [3.63, 3.8) is 0 Å². The Morgan fingerprint density at radius 1 is 1.18 bits per heavy atom. The molecule has 0 unspecified atom stereocenters. The molecule has 2 N–H and O–H groups in total. The molecule has 0 spiro atoms. The Morgan fingerprint density at radius 2 is 1.86 bits per heavy atom. The van der Waals surface area contributed by atoms with Gasteiger partial charge in [0, 0.05) is 12.1 Å². The van der Waals surface area contributed by atoms with E-state index in [4.69, 9.17) is 10.5 Å². The van der Waals surface area contributed by atoms with Gasteiger partial charge < -0.3 is 10.5 Å². The molecule has 0 saturated heterocycles. The minimum atomic E-state index is -3.92. The number of sulfonamides is 1. The van der Waals surface area contributed by atoms with Crippen molar-refractivity contribution in [3.8, 4) is 6.07 Å². The van der Waals surface area contributed by atoms with E-state index in [2.05, 4.69) is 6.07 Å².